The minimum absolute atomic E-state index is 0.268. The molecule has 1 rings (SSSR count). The maximum absolute atomic E-state index is 13.5. The number of benzene rings is 1. The van der Waals surface area contributed by atoms with Gasteiger partial charge in [-0.05, 0) is 24.2 Å². The summed E-state index contributed by atoms with van der Waals surface area (Å²) in [6.45, 7) is 4.40. The number of hydrogen-bond donors (Lipinski definition) is 1. The largest absolute Gasteiger partial charge is 0.494 e. The zero-order valence-electron chi connectivity index (χ0n) is 10.8. The molecule has 5 heteroatoms. The van der Waals surface area contributed by atoms with Crippen molar-refractivity contribution in [1.29, 1.82) is 0 Å². The van der Waals surface area contributed by atoms with Gasteiger partial charge in [0, 0.05) is 19.5 Å². The third-order valence-electron chi connectivity index (χ3n) is 2.74. The van der Waals surface area contributed by atoms with E-state index in [9.17, 15) is 4.39 Å². The zero-order chi connectivity index (χ0) is 13.5. The molecule has 0 amide bonds. The lowest BCUT2D eigenvalue weighted by Gasteiger charge is -2.20. The molecule has 100 valence electrons. The highest BCUT2D eigenvalue weighted by Crippen LogP contribution is 2.18. The van der Waals surface area contributed by atoms with E-state index < -0.39 is 0 Å². The van der Waals surface area contributed by atoms with Gasteiger partial charge in [-0.15, -0.1) is 0 Å². The van der Waals surface area contributed by atoms with Crippen molar-refractivity contribution in [2.75, 3.05) is 20.2 Å². The van der Waals surface area contributed by atoms with E-state index in [1.807, 2.05) is 6.07 Å². The lowest BCUT2D eigenvalue weighted by molar-refractivity contribution is 0.288. The van der Waals surface area contributed by atoms with Crippen LogP contribution in [0.4, 0.5) is 4.39 Å². The molecule has 0 radical (unpaired) electrons. The quantitative estimate of drug-likeness (QED) is 0.772. The Bertz CT molecular complexity index is 412. The number of nitrogens with zero attached hydrogens (tertiary/aromatic N) is 1. The summed E-state index contributed by atoms with van der Waals surface area (Å²) >= 11 is 4.85. The molecule has 0 atom stereocenters. The van der Waals surface area contributed by atoms with E-state index in [1.165, 1.54) is 13.2 Å². The molecule has 18 heavy (non-hydrogen) atoms. The van der Waals surface area contributed by atoms with Crippen LogP contribution in [-0.4, -0.2) is 30.1 Å². The van der Waals surface area contributed by atoms with Gasteiger partial charge < -0.3 is 10.5 Å². The van der Waals surface area contributed by atoms with Crippen molar-refractivity contribution in [1.82, 2.24) is 4.90 Å². The van der Waals surface area contributed by atoms with Gasteiger partial charge in [-0.3, -0.25) is 4.90 Å². The van der Waals surface area contributed by atoms with E-state index in [0.29, 0.717) is 18.0 Å². The van der Waals surface area contributed by atoms with Crippen LogP contribution in [-0.2, 0) is 6.54 Å². The van der Waals surface area contributed by atoms with Gasteiger partial charge in [0.2, 0.25) is 0 Å². The second kappa shape index (κ2) is 7.28. The summed E-state index contributed by atoms with van der Waals surface area (Å²) in [6, 6.07) is 5.01. The Morgan fingerprint density at radius 3 is 2.72 bits per heavy atom. The van der Waals surface area contributed by atoms with E-state index in [2.05, 4.69) is 11.8 Å². The van der Waals surface area contributed by atoms with E-state index >= 15 is 0 Å². The fraction of sp³-hybridized carbons (Fsp3) is 0.462. The van der Waals surface area contributed by atoms with Gasteiger partial charge in [-0.1, -0.05) is 25.2 Å². The fourth-order valence-corrected chi connectivity index (χ4v) is 1.78. The summed E-state index contributed by atoms with van der Waals surface area (Å²) in [5.74, 6) is -0.0645. The Hall–Kier alpha value is -1.20. The molecule has 1 aromatic rings. The van der Waals surface area contributed by atoms with Crippen molar-refractivity contribution in [2.24, 2.45) is 5.73 Å². The van der Waals surface area contributed by atoms with Crippen LogP contribution in [0.1, 0.15) is 18.9 Å². The normalized spacial score (nSPS) is 10.7. The molecule has 0 saturated heterocycles. The Balaban J connectivity index is 2.64. The van der Waals surface area contributed by atoms with Gasteiger partial charge >= 0.3 is 0 Å². The lowest BCUT2D eigenvalue weighted by Crippen LogP contribution is -2.27. The summed E-state index contributed by atoms with van der Waals surface area (Å²) in [7, 11) is 1.46. The number of methoxy groups -OCH3 is 1. The minimum atomic E-state index is -0.333. The van der Waals surface area contributed by atoms with Gasteiger partial charge in [-0.2, -0.15) is 0 Å². The first-order chi connectivity index (χ1) is 8.56. The van der Waals surface area contributed by atoms with E-state index in [0.717, 1.165) is 18.7 Å². The SMILES string of the molecule is CCN(CCC(N)=S)Cc1ccc(OC)c(F)c1. The molecule has 0 aliphatic carbocycles. The Kier molecular flexibility index (Phi) is 6.01. The van der Waals surface area contributed by atoms with Crippen molar-refractivity contribution in [3.05, 3.63) is 29.6 Å². The van der Waals surface area contributed by atoms with Crippen molar-refractivity contribution in [3.8, 4) is 5.75 Å². The summed E-state index contributed by atoms with van der Waals surface area (Å²) < 4.78 is 18.4. The van der Waals surface area contributed by atoms with Crippen LogP contribution in [0.2, 0.25) is 0 Å². The molecule has 0 aromatic heterocycles. The Labute approximate surface area is 113 Å². The van der Waals surface area contributed by atoms with Crippen LogP contribution in [0.15, 0.2) is 18.2 Å². The molecular weight excluding hydrogens is 251 g/mol. The molecule has 3 nitrogen and oxygen atoms in total. The monoisotopic (exact) mass is 270 g/mol. The molecule has 2 N–H and O–H groups in total. The summed E-state index contributed by atoms with van der Waals surface area (Å²) in [4.78, 5) is 2.68. The Morgan fingerprint density at radius 2 is 2.22 bits per heavy atom. The summed E-state index contributed by atoms with van der Waals surface area (Å²) in [6.07, 6.45) is 0.682. The number of thiocarbonyl (C=S) groups is 1. The first kappa shape index (κ1) is 14.9. The van der Waals surface area contributed by atoms with Crippen LogP contribution in [0.25, 0.3) is 0 Å². The summed E-state index contributed by atoms with van der Waals surface area (Å²) in [5, 5.41) is 0. The lowest BCUT2D eigenvalue weighted by atomic mass is 10.2. The molecule has 0 aliphatic rings. The van der Waals surface area contributed by atoms with Gasteiger partial charge in [0.05, 0.1) is 12.1 Å². The molecule has 0 heterocycles. The molecule has 0 aliphatic heterocycles. The topological polar surface area (TPSA) is 38.5 Å². The maximum atomic E-state index is 13.5. The molecule has 0 unspecified atom stereocenters. The molecule has 0 fully saturated rings. The van der Waals surface area contributed by atoms with Gasteiger partial charge in [0.1, 0.15) is 0 Å². The van der Waals surface area contributed by atoms with Crippen molar-refractivity contribution in [2.45, 2.75) is 19.9 Å². The van der Waals surface area contributed by atoms with E-state index in [1.54, 1.807) is 6.07 Å². The van der Waals surface area contributed by atoms with Gasteiger partial charge in [0.15, 0.2) is 11.6 Å². The highest BCUT2D eigenvalue weighted by Gasteiger charge is 2.07. The number of rotatable bonds is 7. The average Bonchev–Trinajstić information content (AvgIpc) is 2.34. The predicted octanol–water partition coefficient (Wildman–Crippen LogP) is 2.33. The number of halogens is 1. The van der Waals surface area contributed by atoms with Gasteiger partial charge in [-0.25, -0.2) is 4.39 Å². The number of hydrogen-bond acceptors (Lipinski definition) is 3. The van der Waals surface area contributed by atoms with Crippen molar-refractivity contribution >= 4 is 17.2 Å². The second-order valence-corrected chi connectivity index (χ2v) is 4.58. The standard InChI is InChI=1S/C13H19FN2OS/c1-3-16(7-6-13(15)18)9-10-4-5-12(17-2)11(14)8-10/h4-5,8H,3,6-7,9H2,1-2H3,(H2,15,18). The highest BCUT2D eigenvalue weighted by molar-refractivity contribution is 7.80. The second-order valence-electron chi connectivity index (χ2n) is 4.05. The first-order valence-corrected chi connectivity index (χ1v) is 6.30. The molecule has 0 saturated carbocycles. The molecular formula is C13H19FN2OS. The van der Waals surface area contributed by atoms with E-state index in [-0.39, 0.29) is 11.6 Å². The number of nitrogens with two attached hydrogens (primary N) is 1. The first-order valence-electron chi connectivity index (χ1n) is 5.90. The third-order valence-corrected chi connectivity index (χ3v) is 2.95. The van der Waals surface area contributed by atoms with Crippen LogP contribution in [0, 0.1) is 5.82 Å². The Morgan fingerprint density at radius 1 is 1.50 bits per heavy atom. The van der Waals surface area contributed by atoms with Crippen molar-refractivity contribution in [3.63, 3.8) is 0 Å². The van der Waals surface area contributed by atoms with Crippen molar-refractivity contribution < 1.29 is 9.13 Å². The summed E-state index contributed by atoms with van der Waals surface area (Å²) in [5.41, 5.74) is 6.39. The maximum Gasteiger partial charge on any atom is 0.165 e. The van der Waals surface area contributed by atoms with Crippen LogP contribution >= 0.6 is 12.2 Å². The van der Waals surface area contributed by atoms with E-state index in [4.69, 9.17) is 22.7 Å². The minimum Gasteiger partial charge on any atom is -0.494 e. The predicted molar refractivity (Wildman–Crippen MR) is 75.3 cm³/mol. The van der Waals surface area contributed by atoms with Crippen LogP contribution < -0.4 is 10.5 Å². The average molecular weight is 270 g/mol. The van der Waals surface area contributed by atoms with Crippen LogP contribution in [0.5, 0.6) is 5.75 Å². The van der Waals surface area contributed by atoms with Gasteiger partial charge in [0.25, 0.3) is 0 Å². The third kappa shape index (κ3) is 4.58. The fourth-order valence-electron chi connectivity index (χ4n) is 1.68. The molecule has 0 bridgehead atoms. The highest BCUT2D eigenvalue weighted by atomic mass is 32.1. The smallest absolute Gasteiger partial charge is 0.165 e. The number of ether oxygens (including phenoxy) is 1. The van der Waals surface area contributed by atoms with Crippen LogP contribution in [0.3, 0.4) is 0 Å². The molecule has 1 aromatic carbocycles. The zero-order valence-corrected chi connectivity index (χ0v) is 11.6. The molecule has 0 spiro atoms.